The molecule has 3 atom stereocenters. The molecule has 0 spiro atoms. The van der Waals surface area contributed by atoms with E-state index in [9.17, 15) is 4.79 Å². The first-order valence-corrected chi connectivity index (χ1v) is 7.13. The van der Waals surface area contributed by atoms with E-state index in [4.69, 9.17) is 4.74 Å². The summed E-state index contributed by atoms with van der Waals surface area (Å²) >= 11 is 0. The second kappa shape index (κ2) is 7.52. The maximum absolute atomic E-state index is 11.3. The topological polar surface area (TPSA) is 26.3 Å². The van der Waals surface area contributed by atoms with Crippen molar-refractivity contribution in [2.45, 2.75) is 52.9 Å². The van der Waals surface area contributed by atoms with E-state index in [2.05, 4.69) is 19.1 Å². The Labute approximate surface area is 105 Å². The molecule has 0 heterocycles. The lowest BCUT2D eigenvalue weighted by molar-refractivity contribution is -0.145. The molecule has 0 aromatic heterocycles. The van der Waals surface area contributed by atoms with Crippen LogP contribution in [-0.4, -0.2) is 12.6 Å². The zero-order valence-corrected chi connectivity index (χ0v) is 11.4. The van der Waals surface area contributed by atoms with E-state index in [0.29, 0.717) is 24.9 Å². The number of allylic oxidation sites excluding steroid dienone is 2. The molecule has 2 bridgehead atoms. The Kier molecular flexibility index (Phi) is 6.31. The van der Waals surface area contributed by atoms with E-state index < -0.39 is 0 Å². The molecule has 0 aliphatic heterocycles. The highest BCUT2D eigenvalue weighted by Crippen LogP contribution is 2.43. The van der Waals surface area contributed by atoms with E-state index >= 15 is 0 Å². The summed E-state index contributed by atoms with van der Waals surface area (Å²) in [4.78, 5) is 11.3. The monoisotopic (exact) mass is 238 g/mol. The van der Waals surface area contributed by atoms with Gasteiger partial charge in [-0.05, 0) is 37.0 Å². The molecule has 0 radical (unpaired) electrons. The number of esters is 1. The molecule has 2 rings (SSSR count). The summed E-state index contributed by atoms with van der Waals surface area (Å²) in [6.45, 7) is 6.74. The van der Waals surface area contributed by atoms with Gasteiger partial charge in [0.25, 0.3) is 0 Å². The van der Waals surface area contributed by atoms with Crippen molar-refractivity contribution in [1.29, 1.82) is 0 Å². The summed E-state index contributed by atoms with van der Waals surface area (Å²) in [5.41, 5.74) is 0. The fraction of sp³-hybridized carbons (Fsp3) is 0.800. The summed E-state index contributed by atoms with van der Waals surface area (Å²) in [5.74, 6) is 2.05. The molecule has 0 saturated heterocycles. The number of hydrogen-bond acceptors (Lipinski definition) is 2. The highest BCUT2D eigenvalue weighted by molar-refractivity contribution is 5.69. The number of carbonyl (C=O) groups excluding carboxylic acids is 1. The lowest BCUT2D eigenvalue weighted by Crippen LogP contribution is -2.17. The molecule has 98 valence electrons. The Morgan fingerprint density at radius 1 is 1.29 bits per heavy atom. The van der Waals surface area contributed by atoms with Crippen LogP contribution in [0.2, 0.25) is 0 Å². The number of rotatable bonds is 5. The molecule has 0 aromatic rings. The van der Waals surface area contributed by atoms with Crippen LogP contribution in [0.4, 0.5) is 0 Å². The van der Waals surface area contributed by atoms with Crippen LogP contribution in [0.3, 0.4) is 0 Å². The molecular formula is C15H26O2. The van der Waals surface area contributed by atoms with Gasteiger partial charge in [-0.25, -0.2) is 0 Å². The van der Waals surface area contributed by atoms with Crippen molar-refractivity contribution in [3.63, 3.8) is 0 Å². The average molecular weight is 238 g/mol. The largest absolute Gasteiger partial charge is 0.465 e. The Bertz CT molecular complexity index is 258. The lowest BCUT2D eigenvalue weighted by Gasteiger charge is -2.17. The Balaban J connectivity index is 0.000000686. The zero-order valence-electron chi connectivity index (χ0n) is 11.4. The summed E-state index contributed by atoms with van der Waals surface area (Å²) in [7, 11) is 0. The fourth-order valence-corrected chi connectivity index (χ4v) is 2.68. The van der Waals surface area contributed by atoms with Crippen LogP contribution in [0.5, 0.6) is 0 Å². The van der Waals surface area contributed by atoms with Crippen LogP contribution < -0.4 is 0 Å². The Morgan fingerprint density at radius 3 is 2.59 bits per heavy atom. The number of carbonyl (C=O) groups is 1. The molecule has 2 aliphatic rings. The van der Waals surface area contributed by atoms with Gasteiger partial charge in [0.05, 0.1) is 6.61 Å². The van der Waals surface area contributed by atoms with Gasteiger partial charge in [0.2, 0.25) is 0 Å². The predicted octanol–water partition coefficient (Wildman–Crippen LogP) is 3.96. The standard InChI is InChI=1S/C13H20O2.C2H6/c1-2-3-4-13(14)15-9-12-8-10-5-6-11(12)7-10;1-2/h5-6,10-12H,2-4,7-9H2,1H3;1-2H3. The Hall–Kier alpha value is -0.790. The number of fused-ring (bicyclic) bond motifs is 2. The molecular weight excluding hydrogens is 212 g/mol. The summed E-state index contributed by atoms with van der Waals surface area (Å²) in [5, 5.41) is 0. The second-order valence-electron chi connectivity index (χ2n) is 4.83. The van der Waals surface area contributed by atoms with Crippen molar-refractivity contribution in [2.24, 2.45) is 17.8 Å². The van der Waals surface area contributed by atoms with E-state index in [0.717, 1.165) is 18.8 Å². The molecule has 0 aromatic carbocycles. The normalized spacial score (nSPS) is 28.8. The van der Waals surface area contributed by atoms with Gasteiger partial charge < -0.3 is 4.74 Å². The summed E-state index contributed by atoms with van der Waals surface area (Å²) in [6, 6.07) is 0. The molecule has 3 unspecified atom stereocenters. The SMILES string of the molecule is CC.CCCCC(=O)OCC1CC2C=CC1C2. The van der Waals surface area contributed by atoms with Gasteiger partial charge in [0.15, 0.2) is 0 Å². The van der Waals surface area contributed by atoms with Crippen molar-refractivity contribution in [3.8, 4) is 0 Å². The minimum atomic E-state index is -0.0106. The van der Waals surface area contributed by atoms with Crippen molar-refractivity contribution in [3.05, 3.63) is 12.2 Å². The van der Waals surface area contributed by atoms with Gasteiger partial charge >= 0.3 is 5.97 Å². The first-order chi connectivity index (χ1) is 8.29. The van der Waals surface area contributed by atoms with Gasteiger partial charge in [-0.2, -0.15) is 0 Å². The smallest absolute Gasteiger partial charge is 0.305 e. The van der Waals surface area contributed by atoms with E-state index in [1.54, 1.807) is 0 Å². The van der Waals surface area contributed by atoms with E-state index in [1.165, 1.54) is 12.8 Å². The molecule has 1 fully saturated rings. The molecule has 17 heavy (non-hydrogen) atoms. The van der Waals surface area contributed by atoms with Crippen molar-refractivity contribution in [1.82, 2.24) is 0 Å². The van der Waals surface area contributed by atoms with Crippen LogP contribution in [0.15, 0.2) is 12.2 Å². The molecule has 1 saturated carbocycles. The van der Waals surface area contributed by atoms with Crippen LogP contribution in [0, 0.1) is 17.8 Å². The average Bonchev–Trinajstić information content (AvgIpc) is 2.98. The molecule has 0 N–H and O–H groups in total. The summed E-state index contributed by atoms with van der Waals surface area (Å²) < 4.78 is 5.31. The molecule has 2 heteroatoms. The zero-order chi connectivity index (χ0) is 12.7. The number of hydrogen-bond donors (Lipinski definition) is 0. The third kappa shape index (κ3) is 4.18. The molecule has 0 amide bonds. The third-order valence-corrected chi connectivity index (χ3v) is 3.61. The van der Waals surface area contributed by atoms with Gasteiger partial charge in [-0.1, -0.05) is 39.3 Å². The third-order valence-electron chi connectivity index (χ3n) is 3.61. The minimum Gasteiger partial charge on any atom is -0.465 e. The maximum Gasteiger partial charge on any atom is 0.305 e. The van der Waals surface area contributed by atoms with Crippen molar-refractivity contribution >= 4 is 5.97 Å². The highest BCUT2D eigenvalue weighted by Gasteiger charge is 2.36. The number of ether oxygens (including phenoxy) is 1. The first kappa shape index (κ1) is 14.3. The van der Waals surface area contributed by atoms with Crippen molar-refractivity contribution < 1.29 is 9.53 Å². The quantitative estimate of drug-likeness (QED) is 0.535. The van der Waals surface area contributed by atoms with Gasteiger partial charge in [-0.3, -0.25) is 4.79 Å². The van der Waals surface area contributed by atoms with Crippen molar-refractivity contribution in [2.75, 3.05) is 6.61 Å². The minimum absolute atomic E-state index is 0.0106. The first-order valence-electron chi connectivity index (χ1n) is 7.13. The fourth-order valence-electron chi connectivity index (χ4n) is 2.68. The van der Waals surface area contributed by atoms with Gasteiger partial charge in [0.1, 0.15) is 0 Å². The van der Waals surface area contributed by atoms with Crippen LogP contribution in [-0.2, 0) is 9.53 Å². The highest BCUT2D eigenvalue weighted by atomic mass is 16.5. The number of unbranched alkanes of at least 4 members (excludes halogenated alkanes) is 1. The maximum atomic E-state index is 11.3. The van der Waals surface area contributed by atoms with Gasteiger partial charge in [0, 0.05) is 6.42 Å². The molecule has 2 aliphatic carbocycles. The molecule has 2 nitrogen and oxygen atoms in total. The second-order valence-corrected chi connectivity index (χ2v) is 4.83. The van der Waals surface area contributed by atoms with Gasteiger partial charge in [-0.15, -0.1) is 0 Å². The van der Waals surface area contributed by atoms with E-state index in [-0.39, 0.29) is 5.97 Å². The van der Waals surface area contributed by atoms with Crippen LogP contribution in [0.25, 0.3) is 0 Å². The summed E-state index contributed by atoms with van der Waals surface area (Å²) in [6.07, 6.45) is 9.74. The van der Waals surface area contributed by atoms with Crippen LogP contribution in [0.1, 0.15) is 52.9 Å². The Morgan fingerprint density at radius 2 is 2.06 bits per heavy atom. The van der Waals surface area contributed by atoms with Crippen LogP contribution >= 0.6 is 0 Å². The predicted molar refractivity (Wildman–Crippen MR) is 70.7 cm³/mol. The lowest BCUT2D eigenvalue weighted by atomic mass is 9.95. The van der Waals surface area contributed by atoms with E-state index in [1.807, 2.05) is 13.8 Å².